The zero-order valence-electron chi connectivity index (χ0n) is 15.9. The Balaban J connectivity index is 1.52. The molecule has 0 aliphatic carbocycles. The molecule has 0 aliphatic rings. The van der Waals surface area contributed by atoms with Crippen molar-refractivity contribution in [3.05, 3.63) is 70.6 Å². The van der Waals surface area contributed by atoms with E-state index in [1.807, 2.05) is 19.1 Å². The van der Waals surface area contributed by atoms with Gasteiger partial charge in [0.25, 0.3) is 0 Å². The molecule has 2 aromatic carbocycles. The molecule has 9 heteroatoms. The van der Waals surface area contributed by atoms with Gasteiger partial charge in [0, 0.05) is 30.6 Å². The van der Waals surface area contributed by atoms with Gasteiger partial charge in [-0.1, -0.05) is 22.8 Å². The van der Waals surface area contributed by atoms with Crippen LogP contribution in [0.2, 0.25) is 5.02 Å². The van der Waals surface area contributed by atoms with Gasteiger partial charge in [-0.15, -0.1) is 0 Å². The number of nitrogens with zero attached hydrogens (tertiary/aromatic N) is 3. The molecule has 0 spiro atoms. The number of halogens is 3. The summed E-state index contributed by atoms with van der Waals surface area (Å²) in [5.74, 6) is -0.273. The first-order valence-electron chi connectivity index (χ1n) is 8.97. The van der Waals surface area contributed by atoms with Crippen LogP contribution in [-0.4, -0.2) is 29.7 Å². The van der Waals surface area contributed by atoms with Crippen LogP contribution in [-0.2, 0) is 6.42 Å². The van der Waals surface area contributed by atoms with Crippen molar-refractivity contribution in [1.29, 1.82) is 0 Å². The summed E-state index contributed by atoms with van der Waals surface area (Å²) in [5, 5.41) is 10.9. The molecule has 0 radical (unpaired) electrons. The van der Waals surface area contributed by atoms with E-state index in [-0.39, 0.29) is 6.04 Å². The Labute approximate surface area is 172 Å². The van der Waals surface area contributed by atoms with Crippen LogP contribution in [0.15, 0.2) is 52.0 Å². The van der Waals surface area contributed by atoms with Crippen molar-refractivity contribution in [2.45, 2.75) is 19.4 Å². The van der Waals surface area contributed by atoms with Gasteiger partial charge >= 0.3 is 0 Å². The van der Waals surface area contributed by atoms with Gasteiger partial charge in [-0.05, 0) is 48.9 Å². The first kappa shape index (κ1) is 20.7. The topological polar surface area (TPSA) is 75.3 Å². The number of benzene rings is 2. The zero-order valence-corrected chi connectivity index (χ0v) is 16.7. The summed E-state index contributed by atoms with van der Waals surface area (Å²) in [5.41, 5.74) is 1.42. The first-order valence-corrected chi connectivity index (χ1v) is 9.34. The predicted molar refractivity (Wildman–Crippen MR) is 108 cm³/mol. The highest BCUT2D eigenvalue weighted by Crippen LogP contribution is 2.19. The van der Waals surface area contributed by atoms with Crippen molar-refractivity contribution >= 4 is 17.6 Å². The molecule has 1 aromatic heterocycles. The second-order valence-corrected chi connectivity index (χ2v) is 6.74. The van der Waals surface area contributed by atoms with Crippen LogP contribution in [0.1, 0.15) is 24.4 Å². The minimum Gasteiger partial charge on any atom is -0.356 e. The number of guanidine groups is 1. The Bertz CT molecular complexity index is 991. The molecule has 0 fully saturated rings. The third-order valence-corrected chi connectivity index (χ3v) is 4.47. The Kier molecular flexibility index (Phi) is 6.77. The summed E-state index contributed by atoms with van der Waals surface area (Å²) >= 11 is 5.88. The SMILES string of the molecule is CN=C(NCCc1nc(-c2ccc(Cl)cc2)no1)NC(C)c1ccc(F)c(F)c1. The average Bonchev–Trinajstić information content (AvgIpc) is 3.18. The largest absolute Gasteiger partial charge is 0.356 e. The number of rotatable bonds is 6. The maximum atomic E-state index is 13.4. The standard InChI is InChI=1S/C20H20ClF2N5O/c1-12(14-5-8-16(22)17(23)11-14)26-20(24-2)25-10-9-18-27-19(28-29-18)13-3-6-15(21)7-4-13/h3-8,11-12H,9-10H2,1-2H3,(H2,24,25,26). The van der Waals surface area contributed by atoms with Crippen LogP contribution < -0.4 is 10.6 Å². The normalized spacial score (nSPS) is 12.7. The van der Waals surface area contributed by atoms with Crippen LogP contribution in [0.25, 0.3) is 11.4 Å². The fourth-order valence-corrected chi connectivity index (χ4v) is 2.75. The molecule has 0 bridgehead atoms. The highest BCUT2D eigenvalue weighted by molar-refractivity contribution is 6.30. The first-order chi connectivity index (χ1) is 14.0. The molecular formula is C20H20ClF2N5O. The lowest BCUT2D eigenvalue weighted by molar-refractivity contribution is 0.378. The summed E-state index contributed by atoms with van der Waals surface area (Å²) < 4.78 is 31.8. The second-order valence-electron chi connectivity index (χ2n) is 6.31. The van der Waals surface area contributed by atoms with E-state index in [1.54, 1.807) is 19.2 Å². The number of aromatic nitrogens is 2. The van der Waals surface area contributed by atoms with Gasteiger partial charge in [0.05, 0.1) is 6.04 Å². The number of hydrogen-bond acceptors (Lipinski definition) is 4. The summed E-state index contributed by atoms with van der Waals surface area (Å²) in [6.07, 6.45) is 0.487. The lowest BCUT2D eigenvalue weighted by Gasteiger charge is -2.18. The van der Waals surface area contributed by atoms with E-state index in [1.165, 1.54) is 6.07 Å². The molecule has 0 saturated carbocycles. The second kappa shape index (κ2) is 9.47. The van der Waals surface area contributed by atoms with Crippen LogP contribution in [0, 0.1) is 11.6 Å². The van der Waals surface area contributed by atoms with Crippen molar-refractivity contribution in [3.8, 4) is 11.4 Å². The summed E-state index contributed by atoms with van der Waals surface area (Å²) in [7, 11) is 1.62. The average molecular weight is 420 g/mol. The van der Waals surface area contributed by atoms with Gasteiger partial charge in [-0.3, -0.25) is 4.99 Å². The molecule has 1 unspecified atom stereocenters. The molecule has 6 nitrogen and oxygen atoms in total. The van der Waals surface area contributed by atoms with Crippen molar-refractivity contribution < 1.29 is 13.3 Å². The monoisotopic (exact) mass is 419 g/mol. The molecule has 1 atom stereocenters. The third-order valence-electron chi connectivity index (χ3n) is 4.22. The lowest BCUT2D eigenvalue weighted by Crippen LogP contribution is -2.39. The van der Waals surface area contributed by atoms with Crippen LogP contribution in [0.3, 0.4) is 0 Å². The minimum absolute atomic E-state index is 0.267. The lowest BCUT2D eigenvalue weighted by atomic mass is 10.1. The molecule has 1 heterocycles. The maximum absolute atomic E-state index is 13.4. The molecule has 152 valence electrons. The zero-order chi connectivity index (χ0) is 20.8. The third kappa shape index (κ3) is 5.51. The van der Waals surface area contributed by atoms with Gasteiger partial charge in [0.2, 0.25) is 11.7 Å². The van der Waals surface area contributed by atoms with E-state index >= 15 is 0 Å². The minimum atomic E-state index is -0.882. The Morgan fingerprint density at radius 2 is 1.93 bits per heavy atom. The van der Waals surface area contributed by atoms with Crippen LogP contribution in [0.5, 0.6) is 0 Å². The molecule has 3 rings (SSSR count). The molecule has 0 amide bonds. The van der Waals surface area contributed by atoms with Gasteiger partial charge in [0.15, 0.2) is 17.6 Å². The van der Waals surface area contributed by atoms with Crippen LogP contribution in [0.4, 0.5) is 8.78 Å². The van der Waals surface area contributed by atoms with Crippen LogP contribution >= 0.6 is 11.6 Å². The molecule has 0 aliphatic heterocycles. The van der Waals surface area contributed by atoms with E-state index in [0.717, 1.165) is 17.7 Å². The fraction of sp³-hybridized carbons (Fsp3) is 0.250. The van der Waals surface area contributed by atoms with Gasteiger partial charge in [0.1, 0.15) is 0 Å². The van der Waals surface area contributed by atoms with E-state index in [4.69, 9.17) is 16.1 Å². The molecular weight excluding hydrogens is 400 g/mol. The molecule has 3 aromatic rings. The van der Waals surface area contributed by atoms with Crippen molar-refractivity contribution in [3.63, 3.8) is 0 Å². The molecule has 2 N–H and O–H groups in total. The van der Waals surface area contributed by atoms with Gasteiger partial charge < -0.3 is 15.2 Å². The quantitative estimate of drug-likeness (QED) is 0.464. The van der Waals surface area contributed by atoms with Crippen molar-refractivity contribution in [2.75, 3.05) is 13.6 Å². The van der Waals surface area contributed by atoms with E-state index in [2.05, 4.69) is 25.8 Å². The summed E-state index contributed by atoms with van der Waals surface area (Å²) in [6.45, 7) is 2.32. The Morgan fingerprint density at radius 3 is 2.62 bits per heavy atom. The predicted octanol–water partition coefficient (Wildman–Crippen LogP) is 4.14. The van der Waals surface area contributed by atoms with E-state index in [9.17, 15) is 8.78 Å². The number of aliphatic imine (C=N–C) groups is 1. The smallest absolute Gasteiger partial charge is 0.228 e. The highest BCUT2D eigenvalue weighted by Gasteiger charge is 2.12. The van der Waals surface area contributed by atoms with E-state index in [0.29, 0.717) is 41.2 Å². The van der Waals surface area contributed by atoms with Crippen molar-refractivity contribution in [2.24, 2.45) is 4.99 Å². The number of hydrogen-bond donors (Lipinski definition) is 2. The van der Waals surface area contributed by atoms with Gasteiger partial charge in [-0.25, -0.2) is 8.78 Å². The maximum Gasteiger partial charge on any atom is 0.228 e. The highest BCUT2D eigenvalue weighted by atomic mass is 35.5. The number of nitrogens with one attached hydrogen (secondary N) is 2. The van der Waals surface area contributed by atoms with Crippen molar-refractivity contribution in [1.82, 2.24) is 20.8 Å². The van der Waals surface area contributed by atoms with Gasteiger partial charge in [-0.2, -0.15) is 4.98 Å². The summed E-state index contributed by atoms with van der Waals surface area (Å²) in [4.78, 5) is 8.49. The summed E-state index contributed by atoms with van der Waals surface area (Å²) in [6, 6.07) is 10.7. The fourth-order valence-electron chi connectivity index (χ4n) is 2.63. The molecule has 29 heavy (non-hydrogen) atoms. The Morgan fingerprint density at radius 1 is 1.17 bits per heavy atom. The van der Waals surface area contributed by atoms with E-state index < -0.39 is 11.6 Å². The molecule has 0 saturated heterocycles. The Hall–Kier alpha value is -3.00.